The Morgan fingerprint density at radius 3 is 3.33 bits per heavy atom. The van der Waals surface area contributed by atoms with E-state index in [9.17, 15) is 0 Å². The van der Waals surface area contributed by atoms with Gasteiger partial charge in [-0.25, -0.2) is 9.98 Å². The summed E-state index contributed by atoms with van der Waals surface area (Å²) in [7, 11) is 0. The fourth-order valence-corrected chi connectivity index (χ4v) is 1.03. The van der Waals surface area contributed by atoms with Gasteiger partial charge in [-0.15, -0.1) is 0 Å². The van der Waals surface area contributed by atoms with Gasteiger partial charge in [0, 0.05) is 6.54 Å². The molecule has 0 aliphatic carbocycles. The summed E-state index contributed by atoms with van der Waals surface area (Å²) in [6.07, 6.45) is 3.77. The molecule has 9 heavy (non-hydrogen) atoms. The molecule has 3 nitrogen and oxygen atoms in total. The molecule has 2 rings (SSSR count). The van der Waals surface area contributed by atoms with E-state index in [4.69, 9.17) is 0 Å². The number of hydrogen-bond donors (Lipinski definition) is 0. The Balaban J connectivity index is 2.38. The predicted octanol–water partition coefficient (Wildman–Crippen LogP) is 0.662. The van der Waals surface area contributed by atoms with E-state index < -0.39 is 0 Å². The molecular formula is C6H7N3. The van der Waals surface area contributed by atoms with Crippen LogP contribution in [0.1, 0.15) is 12.8 Å². The molecular weight excluding hydrogens is 114 g/mol. The molecule has 0 unspecified atom stereocenters. The van der Waals surface area contributed by atoms with Gasteiger partial charge in [-0.2, -0.15) is 0 Å². The largest absolute Gasteiger partial charge is 0.265 e. The van der Waals surface area contributed by atoms with Crippen molar-refractivity contribution in [2.24, 2.45) is 15.0 Å². The number of amidine groups is 1. The summed E-state index contributed by atoms with van der Waals surface area (Å²) >= 11 is 0. The molecule has 0 saturated carbocycles. The predicted molar refractivity (Wildman–Crippen MR) is 37.5 cm³/mol. The summed E-state index contributed by atoms with van der Waals surface area (Å²) in [4.78, 5) is 12.2. The summed E-state index contributed by atoms with van der Waals surface area (Å²) in [6.45, 7) is 0.922. The van der Waals surface area contributed by atoms with Gasteiger partial charge in [0.05, 0.1) is 5.71 Å². The van der Waals surface area contributed by atoms with E-state index in [0.717, 1.165) is 30.9 Å². The first-order chi connectivity index (χ1) is 4.47. The van der Waals surface area contributed by atoms with Crippen LogP contribution in [-0.4, -0.2) is 24.4 Å². The van der Waals surface area contributed by atoms with Crippen molar-refractivity contribution in [2.45, 2.75) is 12.8 Å². The van der Waals surface area contributed by atoms with Crippen molar-refractivity contribution in [2.75, 3.05) is 6.54 Å². The molecule has 0 aromatic rings. The minimum absolute atomic E-state index is 0.862. The van der Waals surface area contributed by atoms with Crippen molar-refractivity contribution in [3.05, 3.63) is 0 Å². The van der Waals surface area contributed by atoms with E-state index in [1.807, 2.05) is 0 Å². The minimum Gasteiger partial charge on any atom is -0.265 e. The molecule has 0 bridgehead atoms. The molecule has 2 heterocycles. The highest BCUT2D eigenvalue weighted by Crippen LogP contribution is 2.07. The molecule has 0 spiro atoms. The molecule has 0 radical (unpaired) electrons. The van der Waals surface area contributed by atoms with Crippen LogP contribution >= 0.6 is 0 Å². The second-order valence-electron chi connectivity index (χ2n) is 2.13. The van der Waals surface area contributed by atoms with Crippen LogP contribution in [0.4, 0.5) is 0 Å². The molecule has 3 heteroatoms. The van der Waals surface area contributed by atoms with Gasteiger partial charge in [-0.1, -0.05) is 0 Å². The van der Waals surface area contributed by atoms with Crippen LogP contribution in [0.25, 0.3) is 0 Å². The van der Waals surface area contributed by atoms with Crippen molar-refractivity contribution in [3.8, 4) is 0 Å². The van der Waals surface area contributed by atoms with E-state index in [1.165, 1.54) is 0 Å². The second-order valence-corrected chi connectivity index (χ2v) is 2.13. The maximum Gasteiger partial charge on any atom is 0.170 e. The third kappa shape index (κ3) is 0.686. The summed E-state index contributed by atoms with van der Waals surface area (Å²) in [5.41, 5.74) is 1.07. The second kappa shape index (κ2) is 1.76. The SMILES string of the molecule is C1=NC2=NCCCC2=N1. The average molecular weight is 121 g/mol. The van der Waals surface area contributed by atoms with Crippen molar-refractivity contribution >= 4 is 17.9 Å². The first-order valence-corrected chi connectivity index (χ1v) is 3.11. The van der Waals surface area contributed by atoms with Gasteiger partial charge in [-0.3, -0.25) is 4.99 Å². The number of fused-ring (bicyclic) bond motifs is 1. The van der Waals surface area contributed by atoms with Gasteiger partial charge in [0.15, 0.2) is 5.84 Å². The van der Waals surface area contributed by atoms with Crippen molar-refractivity contribution < 1.29 is 0 Å². The molecule has 46 valence electrons. The Hall–Kier alpha value is -0.990. The third-order valence-electron chi connectivity index (χ3n) is 1.48. The van der Waals surface area contributed by atoms with Crippen LogP contribution in [-0.2, 0) is 0 Å². The van der Waals surface area contributed by atoms with E-state index >= 15 is 0 Å². The smallest absolute Gasteiger partial charge is 0.170 e. The summed E-state index contributed by atoms with van der Waals surface area (Å²) in [5.74, 6) is 0.862. The van der Waals surface area contributed by atoms with E-state index in [2.05, 4.69) is 15.0 Å². The summed E-state index contributed by atoms with van der Waals surface area (Å²) < 4.78 is 0. The maximum absolute atomic E-state index is 4.18. The first kappa shape index (κ1) is 4.85. The van der Waals surface area contributed by atoms with Crippen LogP contribution in [0.5, 0.6) is 0 Å². The normalized spacial score (nSPS) is 23.1. The van der Waals surface area contributed by atoms with Crippen LogP contribution in [0.3, 0.4) is 0 Å². The highest BCUT2D eigenvalue weighted by atomic mass is 15.0. The molecule has 0 fully saturated rings. The standard InChI is InChI=1S/C6H7N3/c1-2-5-6(7-3-1)9-4-8-5/h4H,1-3H2. The van der Waals surface area contributed by atoms with Crippen molar-refractivity contribution in [1.82, 2.24) is 0 Å². The van der Waals surface area contributed by atoms with Gasteiger partial charge in [0.2, 0.25) is 0 Å². The number of hydrogen-bond acceptors (Lipinski definition) is 3. The molecule has 0 aromatic heterocycles. The lowest BCUT2D eigenvalue weighted by Gasteiger charge is -2.04. The molecule has 0 N–H and O–H groups in total. The lowest BCUT2D eigenvalue weighted by Crippen LogP contribution is -2.13. The number of rotatable bonds is 0. The lowest BCUT2D eigenvalue weighted by atomic mass is 10.1. The van der Waals surface area contributed by atoms with Gasteiger partial charge >= 0.3 is 0 Å². The topological polar surface area (TPSA) is 37.1 Å². The Kier molecular flexibility index (Phi) is 0.946. The molecule has 0 saturated heterocycles. The maximum atomic E-state index is 4.18. The van der Waals surface area contributed by atoms with Crippen LogP contribution < -0.4 is 0 Å². The Bertz CT molecular complexity index is 212. The van der Waals surface area contributed by atoms with Crippen LogP contribution in [0.2, 0.25) is 0 Å². The Morgan fingerprint density at radius 1 is 1.44 bits per heavy atom. The molecule has 0 aromatic carbocycles. The van der Waals surface area contributed by atoms with Gasteiger partial charge in [-0.05, 0) is 12.8 Å². The number of nitrogens with zero attached hydrogens (tertiary/aromatic N) is 3. The summed E-state index contributed by atoms with van der Waals surface area (Å²) in [5, 5.41) is 0. The fourth-order valence-electron chi connectivity index (χ4n) is 1.03. The molecule has 2 aliphatic heterocycles. The zero-order chi connectivity index (χ0) is 6.10. The minimum atomic E-state index is 0.862. The molecule has 2 aliphatic rings. The quantitative estimate of drug-likeness (QED) is 0.451. The van der Waals surface area contributed by atoms with Crippen LogP contribution in [0, 0.1) is 0 Å². The fraction of sp³-hybridized carbons (Fsp3) is 0.500. The summed E-state index contributed by atoms with van der Waals surface area (Å²) in [6, 6.07) is 0. The van der Waals surface area contributed by atoms with Gasteiger partial charge in [0.1, 0.15) is 6.34 Å². The Labute approximate surface area is 53.2 Å². The highest BCUT2D eigenvalue weighted by molar-refractivity contribution is 6.46. The van der Waals surface area contributed by atoms with E-state index in [0.29, 0.717) is 0 Å². The highest BCUT2D eigenvalue weighted by Gasteiger charge is 2.14. The zero-order valence-electron chi connectivity index (χ0n) is 5.04. The van der Waals surface area contributed by atoms with Crippen molar-refractivity contribution in [3.63, 3.8) is 0 Å². The monoisotopic (exact) mass is 121 g/mol. The number of aliphatic imine (C=N–C) groups is 3. The lowest BCUT2D eigenvalue weighted by molar-refractivity contribution is 0.865. The molecule has 0 amide bonds. The zero-order valence-corrected chi connectivity index (χ0v) is 5.04. The van der Waals surface area contributed by atoms with Crippen LogP contribution in [0.15, 0.2) is 15.0 Å². The van der Waals surface area contributed by atoms with Gasteiger partial charge in [0.25, 0.3) is 0 Å². The average Bonchev–Trinajstić information content (AvgIpc) is 2.33. The molecule has 0 atom stereocenters. The first-order valence-electron chi connectivity index (χ1n) is 3.11. The van der Waals surface area contributed by atoms with E-state index in [-0.39, 0.29) is 0 Å². The van der Waals surface area contributed by atoms with Crippen molar-refractivity contribution in [1.29, 1.82) is 0 Å². The Morgan fingerprint density at radius 2 is 2.44 bits per heavy atom. The van der Waals surface area contributed by atoms with Gasteiger partial charge < -0.3 is 0 Å². The van der Waals surface area contributed by atoms with E-state index in [1.54, 1.807) is 6.34 Å². The third-order valence-corrected chi connectivity index (χ3v) is 1.48.